The summed E-state index contributed by atoms with van der Waals surface area (Å²) in [4.78, 5) is 12.6. The van der Waals surface area contributed by atoms with Gasteiger partial charge in [0.2, 0.25) is 5.91 Å². The molecule has 2 N–H and O–H groups in total. The van der Waals surface area contributed by atoms with Gasteiger partial charge in [-0.05, 0) is 37.4 Å². The molecule has 4 heteroatoms. The van der Waals surface area contributed by atoms with E-state index in [-0.39, 0.29) is 5.91 Å². The Morgan fingerprint density at radius 1 is 0.960 bits per heavy atom. The van der Waals surface area contributed by atoms with E-state index in [2.05, 4.69) is 10.6 Å². The summed E-state index contributed by atoms with van der Waals surface area (Å²) in [5.41, 5.74) is 1.62. The van der Waals surface area contributed by atoms with Gasteiger partial charge < -0.3 is 15.4 Å². The van der Waals surface area contributed by atoms with Gasteiger partial charge in [0.15, 0.2) is 0 Å². The lowest BCUT2D eigenvalue weighted by Crippen LogP contribution is -2.32. The van der Waals surface area contributed by atoms with E-state index in [0.29, 0.717) is 6.61 Å². The van der Waals surface area contributed by atoms with E-state index in [0.717, 1.165) is 27.9 Å². The molecule has 0 aromatic heterocycles. The Bertz CT molecular complexity index is 871. The van der Waals surface area contributed by atoms with E-state index in [1.807, 2.05) is 80.6 Å². The lowest BCUT2D eigenvalue weighted by atomic mass is 10.1. The molecule has 0 heterocycles. The number of anilines is 2. The van der Waals surface area contributed by atoms with Crippen LogP contribution in [-0.4, -0.2) is 18.6 Å². The third-order valence-corrected chi connectivity index (χ3v) is 4.00. The van der Waals surface area contributed by atoms with Crippen LogP contribution in [0.5, 0.6) is 5.75 Å². The minimum absolute atomic E-state index is 0.0948. The molecule has 0 spiro atoms. The lowest BCUT2D eigenvalue weighted by molar-refractivity contribution is -0.116. The first-order chi connectivity index (χ1) is 12.2. The van der Waals surface area contributed by atoms with Crippen molar-refractivity contribution in [3.05, 3.63) is 66.7 Å². The maximum Gasteiger partial charge on any atom is 0.246 e. The molecule has 25 heavy (non-hydrogen) atoms. The fraction of sp³-hybridized carbons (Fsp3) is 0.190. The predicted molar refractivity (Wildman–Crippen MR) is 103 cm³/mol. The summed E-state index contributed by atoms with van der Waals surface area (Å²) in [5.74, 6) is 0.650. The number of nitrogens with one attached hydrogen (secondary N) is 2. The second-order valence-corrected chi connectivity index (χ2v) is 5.81. The molecule has 3 rings (SSSR count). The number of amides is 1. The molecule has 0 aliphatic carbocycles. The fourth-order valence-electron chi connectivity index (χ4n) is 2.74. The quantitative estimate of drug-likeness (QED) is 0.688. The molecule has 0 saturated heterocycles. The summed E-state index contributed by atoms with van der Waals surface area (Å²) in [6, 6.07) is 21.1. The van der Waals surface area contributed by atoms with E-state index in [4.69, 9.17) is 4.74 Å². The monoisotopic (exact) mass is 334 g/mol. The molecule has 3 aromatic rings. The normalized spacial score (nSPS) is 11.8. The second kappa shape index (κ2) is 7.71. The van der Waals surface area contributed by atoms with Gasteiger partial charge in [0.05, 0.1) is 12.3 Å². The van der Waals surface area contributed by atoms with Crippen LogP contribution < -0.4 is 15.4 Å². The Morgan fingerprint density at radius 3 is 2.48 bits per heavy atom. The maximum absolute atomic E-state index is 12.6. The molecule has 1 amide bonds. The van der Waals surface area contributed by atoms with Gasteiger partial charge in [-0.1, -0.05) is 48.5 Å². The number of para-hydroxylation sites is 2. The smallest absolute Gasteiger partial charge is 0.246 e. The van der Waals surface area contributed by atoms with Crippen molar-refractivity contribution in [2.24, 2.45) is 0 Å². The SMILES string of the molecule is CCOc1ccccc1NC(C)C(=O)Nc1cccc2ccccc12. The van der Waals surface area contributed by atoms with E-state index in [1.165, 1.54) is 0 Å². The standard InChI is InChI=1S/C21H22N2O2/c1-3-25-20-14-7-6-12-19(20)22-15(2)21(24)23-18-13-8-10-16-9-4-5-11-17(16)18/h4-15,22H,3H2,1-2H3,(H,23,24). The Labute approximate surface area is 147 Å². The molecular weight excluding hydrogens is 312 g/mol. The Morgan fingerprint density at radius 2 is 1.64 bits per heavy atom. The van der Waals surface area contributed by atoms with E-state index >= 15 is 0 Å². The van der Waals surface area contributed by atoms with Crippen molar-refractivity contribution >= 4 is 28.1 Å². The number of rotatable bonds is 6. The molecule has 0 bridgehead atoms. The van der Waals surface area contributed by atoms with Crippen LogP contribution in [0.25, 0.3) is 10.8 Å². The zero-order valence-electron chi connectivity index (χ0n) is 14.5. The Hall–Kier alpha value is -3.01. The van der Waals surface area contributed by atoms with Crippen molar-refractivity contribution < 1.29 is 9.53 Å². The highest BCUT2D eigenvalue weighted by molar-refractivity contribution is 6.04. The Balaban J connectivity index is 1.75. The van der Waals surface area contributed by atoms with Crippen molar-refractivity contribution in [1.29, 1.82) is 0 Å². The highest BCUT2D eigenvalue weighted by Gasteiger charge is 2.15. The molecular formula is C21H22N2O2. The van der Waals surface area contributed by atoms with Gasteiger partial charge >= 0.3 is 0 Å². The summed E-state index contributed by atoms with van der Waals surface area (Å²) < 4.78 is 5.60. The molecule has 1 unspecified atom stereocenters. The first-order valence-corrected chi connectivity index (χ1v) is 8.46. The summed E-state index contributed by atoms with van der Waals surface area (Å²) in [7, 11) is 0. The maximum atomic E-state index is 12.6. The van der Waals surface area contributed by atoms with Gasteiger partial charge in [0, 0.05) is 11.1 Å². The van der Waals surface area contributed by atoms with Crippen LogP contribution >= 0.6 is 0 Å². The van der Waals surface area contributed by atoms with Crippen LogP contribution in [0.2, 0.25) is 0 Å². The number of carbonyl (C=O) groups is 1. The van der Waals surface area contributed by atoms with Crippen molar-refractivity contribution in [2.45, 2.75) is 19.9 Å². The zero-order valence-corrected chi connectivity index (χ0v) is 14.5. The summed E-state index contributed by atoms with van der Waals surface area (Å²) in [6.07, 6.45) is 0. The highest BCUT2D eigenvalue weighted by atomic mass is 16.5. The second-order valence-electron chi connectivity index (χ2n) is 5.81. The average Bonchev–Trinajstić information content (AvgIpc) is 2.64. The minimum Gasteiger partial charge on any atom is -0.492 e. The van der Waals surface area contributed by atoms with Gasteiger partial charge in [0.25, 0.3) is 0 Å². The molecule has 128 valence electrons. The van der Waals surface area contributed by atoms with Gasteiger partial charge in [-0.25, -0.2) is 0 Å². The molecule has 1 atom stereocenters. The fourth-order valence-corrected chi connectivity index (χ4v) is 2.74. The topological polar surface area (TPSA) is 50.4 Å². The number of ether oxygens (including phenoxy) is 1. The number of benzene rings is 3. The number of hydrogen-bond acceptors (Lipinski definition) is 3. The van der Waals surface area contributed by atoms with Gasteiger partial charge in [-0.2, -0.15) is 0 Å². The first kappa shape index (κ1) is 16.8. The molecule has 0 aliphatic heterocycles. The molecule has 0 aliphatic rings. The van der Waals surface area contributed by atoms with Crippen molar-refractivity contribution in [3.63, 3.8) is 0 Å². The van der Waals surface area contributed by atoms with Gasteiger partial charge in [-0.3, -0.25) is 4.79 Å². The van der Waals surface area contributed by atoms with Gasteiger partial charge in [0.1, 0.15) is 11.8 Å². The van der Waals surface area contributed by atoms with Crippen LogP contribution in [0, 0.1) is 0 Å². The number of fused-ring (bicyclic) bond motifs is 1. The minimum atomic E-state index is -0.402. The van der Waals surface area contributed by atoms with Crippen molar-refractivity contribution in [2.75, 3.05) is 17.2 Å². The molecule has 0 radical (unpaired) electrons. The molecule has 0 fully saturated rings. The number of hydrogen-bond donors (Lipinski definition) is 2. The van der Waals surface area contributed by atoms with Gasteiger partial charge in [-0.15, -0.1) is 0 Å². The Kier molecular flexibility index (Phi) is 5.19. The molecule has 0 saturated carbocycles. The van der Waals surface area contributed by atoms with E-state index in [9.17, 15) is 4.79 Å². The van der Waals surface area contributed by atoms with Crippen LogP contribution in [-0.2, 0) is 4.79 Å². The summed E-state index contributed by atoms with van der Waals surface area (Å²) in [5, 5.41) is 8.37. The van der Waals surface area contributed by atoms with Crippen molar-refractivity contribution in [3.8, 4) is 5.75 Å². The summed E-state index contributed by atoms with van der Waals surface area (Å²) in [6.45, 7) is 4.35. The van der Waals surface area contributed by atoms with Crippen LogP contribution in [0.4, 0.5) is 11.4 Å². The van der Waals surface area contributed by atoms with Crippen LogP contribution in [0.15, 0.2) is 66.7 Å². The average molecular weight is 334 g/mol. The molecule has 3 aromatic carbocycles. The third-order valence-electron chi connectivity index (χ3n) is 4.00. The van der Waals surface area contributed by atoms with Crippen LogP contribution in [0.1, 0.15) is 13.8 Å². The predicted octanol–water partition coefficient (Wildman–Crippen LogP) is 4.68. The number of carbonyl (C=O) groups excluding carboxylic acids is 1. The largest absolute Gasteiger partial charge is 0.492 e. The zero-order chi connectivity index (χ0) is 17.6. The van der Waals surface area contributed by atoms with Crippen LogP contribution in [0.3, 0.4) is 0 Å². The first-order valence-electron chi connectivity index (χ1n) is 8.46. The third kappa shape index (κ3) is 3.91. The van der Waals surface area contributed by atoms with Crippen molar-refractivity contribution in [1.82, 2.24) is 0 Å². The highest BCUT2D eigenvalue weighted by Crippen LogP contribution is 2.26. The van der Waals surface area contributed by atoms with E-state index < -0.39 is 6.04 Å². The van der Waals surface area contributed by atoms with E-state index in [1.54, 1.807) is 0 Å². The summed E-state index contributed by atoms with van der Waals surface area (Å²) >= 11 is 0. The lowest BCUT2D eigenvalue weighted by Gasteiger charge is -2.18. The molecule has 4 nitrogen and oxygen atoms in total.